The van der Waals surface area contributed by atoms with E-state index < -0.39 is 0 Å². The summed E-state index contributed by atoms with van der Waals surface area (Å²) in [6.07, 6.45) is 9.48. The number of carbonyl (C=O) groups excluding carboxylic acids is 1. The summed E-state index contributed by atoms with van der Waals surface area (Å²) in [5.74, 6) is 1.10. The molecular formula is C24H29BrN6OS. The molecule has 174 valence electrons. The van der Waals surface area contributed by atoms with Crippen LogP contribution in [0.25, 0.3) is 5.65 Å². The molecule has 1 N–H and O–H groups in total. The third-order valence-corrected chi connectivity index (χ3v) is 7.48. The Kier molecular flexibility index (Phi) is 6.51. The first-order valence-corrected chi connectivity index (χ1v) is 13.6. The second-order valence-electron chi connectivity index (χ2n) is 8.82. The molecule has 0 bridgehead atoms. The number of rotatable bonds is 5. The summed E-state index contributed by atoms with van der Waals surface area (Å²) < 4.78 is 6.03. The van der Waals surface area contributed by atoms with Gasteiger partial charge in [0.2, 0.25) is 0 Å². The molecule has 7 nitrogen and oxygen atoms in total. The number of hydrogen-bond acceptors (Lipinski definition) is 6. The van der Waals surface area contributed by atoms with Gasteiger partial charge in [-0.25, -0.2) is 9.50 Å². The van der Waals surface area contributed by atoms with Crippen LogP contribution in [0.1, 0.15) is 59.8 Å². The molecule has 1 aromatic carbocycles. The first-order valence-electron chi connectivity index (χ1n) is 11.6. The Hall–Kier alpha value is -2.26. The molecule has 0 spiro atoms. The summed E-state index contributed by atoms with van der Waals surface area (Å²) in [5.41, 5.74) is 4.42. The zero-order chi connectivity index (χ0) is 22.9. The molecular weight excluding hydrogens is 500 g/mol. The molecule has 0 radical (unpaired) electrons. The van der Waals surface area contributed by atoms with Crippen LogP contribution in [0.15, 0.2) is 34.9 Å². The first-order chi connectivity index (χ1) is 16.0. The number of benzene rings is 1. The number of hydrogen-bond donors (Lipinski definition) is 1. The number of aromatic nitrogens is 3. The van der Waals surface area contributed by atoms with E-state index in [9.17, 15) is 4.79 Å². The molecule has 0 aliphatic carbocycles. The van der Waals surface area contributed by atoms with Gasteiger partial charge >= 0.3 is 0 Å². The summed E-state index contributed by atoms with van der Waals surface area (Å²) in [4.78, 5) is 23.0. The monoisotopic (exact) mass is 528 g/mol. The minimum absolute atomic E-state index is 0.0384. The van der Waals surface area contributed by atoms with Crippen molar-refractivity contribution in [2.75, 3.05) is 35.5 Å². The lowest BCUT2D eigenvalue weighted by Gasteiger charge is -2.35. The highest BCUT2D eigenvalue weighted by molar-refractivity contribution is 9.10. The highest BCUT2D eigenvalue weighted by Gasteiger charge is 2.32. The lowest BCUT2D eigenvalue weighted by Crippen LogP contribution is -2.39. The van der Waals surface area contributed by atoms with E-state index in [1.807, 2.05) is 33.9 Å². The number of amides is 1. The maximum absolute atomic E-state index is 13.7. The Morgan fingerprint density at radius 2 is 1.94 bits per heavy atom. The van der Waals surface area contributed by atoms with Gasteiger partial charge in [-0.2, -0.15) is 5.10 Å². The molecule has 1 unspecified atom stereocenters. The van der Waals surface area contributed by atoms with Crippen molar-refractivity contribution in [3.63, 3.8) is 0 Å². The Balaban J connectivity index is 1.49. The fraction of sp³-hybridized carbons (Fsp3) is 0.458. The predicted molar refractivity (Wildman–Crippen MR) is 138 cm³/mol. The molecule has 9 heteroatoms. The van der Waals surface area contributed by atoms with Crippen molar-refractivity contribution in [2.24, 2.45) is 0 Å². The Morgan fingerprint density at radius 3 is 2.73 bits per heavy atom. The molecule has 2 aliphatic rings. The normalized spacial score (nSPS) is 18.8. The maximum Gasteiger partial charge on any atom is 0.256 e. The Bertz CT molecular complexity index is 1180. The highest BCUT2D eigenvalue weighted by atomic mass is 79.9. The standard InChI is InChI=1S/C24H29BrN6OS/c1-16-15-31-22(26-23(16)29-10-5-6-11-29)14-20(27-31)21-7-3-4-12-30(21)24(32)18-13-17(25)8-9-19(18)28-33-2/h8-9,13-15,21,28H,3-7,10-12H2,1-2H3. The average Bonchev–Trinajstić information content (AvgIpc) is 3.49. The van der Waals surface area contributed by atoms with Crippen molar-refractivity contribution in [3.05, 3.63) is 51.8 Å². The minimum atomic E-state index is -0.0513. The van der Waals surface area contributed by atoms with Crippen LogP contribution in [0.4, 0.5) is 11.5 Å². The van der Waals surface area contributed by atoms with E-state index in [-0.39, 0.29) is 11.9 Å². The van der Waals surface area contributed by atoms with Gasteiger partial charge in [0, 0.05) is 48.2 Å². The molecule has 2 aliphatic heterocycles. The molecule has 4 heterocycles. The quantitative estimate of drug-likeness (QED) is 0.443. The molecule has 2 saturated heterocycles. The predicted octanol–water partition coefficient (Wildman–Crippen LogP) is 5.46. The number of nitrogens with one attached hydrogen (secondary N) is 1. The summed E-state index contributed by atoms with van der Waals surface area (Å²) in [5, 5.41) is 4.88. The van der Waals surface area contributed by atoms with Gasteiger partial charge in [0.25, 0.3) is 5.91 Å². The van der Waals surface area contributed by atoms with Gasteiger partial charge in [-0.15, -0.1) is 0 Å². The molecule has 33 heavy (non-hydrogen) atoms. The van der Waals surface area contributed by atoms with Crippen molar-refractivity contribution in [2.45, 2.75) is 45.1 Å². The number of likely N-dealkylation sites (tertiary alicyclic amines) is 1. The van der Waals surface area contributed by atoms with Gasteiger partial charge < -0.3 is 14.5 Å². The SMILES string of the molecule is CSNc1ccc(Br)cc1C(=O)N1CCCCC1c1cc2nc(N3CCCC3)c(C)cn2n1. The van der Waals surface area contributed by atoms with Crippen LogP contribution >= 0.6 is 27.9 Å². The lowest BCUT2D eigenvalue weighted by atomic mass is 9.98. The second-order valence-corrected chi connectivity index (χ2v) is 10.3. The molecule has 3 aromatic rings. The van der Waals surface area contributed by atoms with E-state index in [1.54, 1.807) is 0 Å². The maximum atomic E-state index is 13.7. The van der Waals surface area contributed by atoms with Crippen LogP contribution in [-0.2, 0) is 0 Å². The third kappa shape index (κ3) is 4.45. The molecule has 5 rings (SSSR count). The van der Waals surface area contributed by atoms with Crippen LogP contribution < -0.4 is 9.62 Å². The van der Waals surface area contributed by atoms with Gasteiger partial charge in [-0.05, 0) is 57.2 Å². The topological polar surface area (TPSA) is 65.8 Å². The molecule has 1 amide bonds. The molecule has 2 aromatic heterocycles. The van der Waals surface area contributed by atoms with E-state index in [1.165, 1.54) is 24.8 Å². The Morgan fingerprint density at radius 1 is 1.15 bits per heavy atom. The highest BCUT2D eigenvalue weighted by Crippen LogP contribution is 2.34. The molecule has 2 fully saturated rings. The second kappa shape index (κ2) is 9.54. The van der Waals surface area contributed by atoms with E-state index in [0.29, 0.717) is 5.56 Å². The number of nitrogens with zero attached hydrogens (tertiary/aromatic N) is 5. The summed E-state index contributed by atoms with van der Waals surface area (Å²) in [6, 6.07) is 7.83. The fourth-order valence-electron chi connectivity index (χ4n) is 4.96. The van der Waals surface area contributed by atoms with Crippen molar-refractivity contribution in [3.8, 4) is 0 Å². The number of fused-ring (bicyclic) bond motifs is 1. The minimum Gasteiger partial charge on any atom is -0.356 e. The van der Waals surface area contributed by atoms with Gasteiger partial charge in [0.05, 0.1) is 23.0 Å². The fourth-order valence-corrected chi connectivity index (χ4v) is 5.72. The van der Waals surface area contributed by atoms with Gasteiger partial charge in [0.15, 0.2) is 5.65 Å². The van der Waals surface area contributed by atoms with Gasteiger partial charge in [-0.1, -0.05) is 27.9 Å². The number of piperidine rings is 1. The van der Waals surface area contributed by atoms with Crippen molar-refractivity contribution >= 4 is 50.9 Å². The number of aryl methyl sites for hydroxylation is 1. The van der Waals surface area contributed by atoms with E-state index in [4.69, 9.17) is 10.1 Å². The smallest absolute Gasteiger partial charge is 0.256 e. The van der Waals surface area contributed by atoms with Crippen LogP contribution in [-0.4, -0.2) is 51.3 Å². The largest absolute Gasteiger partial charge is 0.356 e. The van der Waals surface area contributed by atoms with Crippen LogP contribution in [0, 0.1) is 6.92 Å². The molecule has 0 saturated carbocycles. The van der Waals surface area contributed by atoms with Crippen molar-refractivity contribution in [1.29, 1.82) is 0 Å². The van der Waals surface area contributed by atoms with Crippen LogP contribution in [0.2, 0.25) is 0 Å². The van der Waals surface area contributed by atoms with E-state index >= 15 is 0 Å². The van der Waals surface area contributed by atoms with E-state index in [2.05, 4.69) is 44.7 Å². The number of anilines is 2. The van der Waals surface area contributed by atoms with Gasteiger partial charge in [-0.3, -0.25) is 4.79 Å². The lowest BCUT2D eigenvalue weighted by molar-refractivity contribution is 0.0606. The number of halogens is 1. The van der Waals surface area contributed by atoms with E-state index in [0.717, 1.165) is 71.8 Å². The van der Waals surface area contributed by atoms with Gasteiger partial charge in [0.1, 0.15) is 5.82 Å². The van der Waals surface area contributed by atoms with Crippen molar-refractivity contribution < 1.29 is 4.79 Å². The first kappa shape index (κ1) is 22.5. The summed E-state index contributed by atoms with van der Waals surface area (Å²) >= 11 is 5.02. The third-order valence-electron chi connectivity index (χ3n) is 6.56. The number of carbonyl (C=O) groups is 1. The van der Waals surface area contributed by atoms with Crippen molar-refractivity contribution in [1.82, 2.24) is 19.5 Å². The zero-order valence-corrected chi connectivity index (χ0v) is 21.5. The zero-order valence-electron chi connectivity index (χ0n) is 19.1. The van der Waals surface area contributed by atoms with Crippen LogP contribution in [0.3, 0.4) is 0 Å². The summed E-state index contributed by atoms with van der Waals surface area (Å²) in [7, 11) is 0. The summed E-state index contributed by atoms with van der Waals surface area (Å²) in [6.45, 7) is 4.96. The molecule has 1 atom stereocenters. The average molecular weight is 530 g/mol. The van der Waals surface area contributed by atoms with Crippen LogP contribution in [0.5, 0.6) is 0 Å². The Labute approximate surface area is 207 Å².